The molecule has 0 aliphatic carbocycles. The van der Waals surface area contributed by atoms with Crippen LogP contribution in [0.15, 0.2) is 30.3 Å². The third kappa shape index (κ3) is 8.24. The van der Waals surface area contributed by atoms with Gasteiger partial charge >= 0.3 is 12.1 Å². The van der Waals surface area contributed by atoms with E-state index in [4.69, 9.17) is 9.47 Å². The average molecular weight is 321 g/mol. The molecule has 0 fully saturated rings. The van der Waals surface area contributed by atoms with E-state index in [1.54, 1.807) is 0 Å². The second kappa shape index (κ2) is 9.87. The number of esters is 1. The van der Waals surface area contributed by atoms with Crippen LogP contribution in [0.1, 0.15) is 33.3 Å². The van der Waals surface area contributed by atoms with Gasteiger partial charge in [0.15, 0.2) is 0 Å². The molecule has 1 amide bonds. The minimum absolute atomic E-state index is 0.237. The number of benzene rings is 1. The Kier molecular flexibility index (Phi) is 8.16. The monoisotopic (exact) mass is 321 g/mol. The summed E-state index contributed by atoms with van der Waals surface area (Å²) in [6.45, 7) is 8.46. The number of hydrogen-bond donors (Lipinski definition) is 1. The first-order valence-corrected chi connectivity index (χ1v) is 8.02. The van der Waals surface area contributed by atoms with Crippen molar-refractivity contribution in [3.63, 3.8) is 0 Å². The van der Waals surface area contributed by atoms with Crippen LogP contribution in [0.2, 0.25) is 0 Å². The van der Waals surface area contributed by atoms with Crippen molar-refractivity contribution >= 4 is 12.1 Å². The van der Waals surface area contributed by atoms with Crippen molar-refractivity contribution in [3.05, 3.63) is 35.9 Å². The Morgan fingerprint density at radius 2 is 1.52 bits per heavy atom. The van der Waals surface area contributed by atoms with Crippen LogP contribution < -0.4 is 5.32 Å². The lowest BCUT2D eigenvalue weighted by Gasteiger charge is -2.19. The second-order valence-corrected chi connectivity index (χ2v) is 6.40. The Morgan fingerprint density at radius 3 is 2.09 bits per heavy atom. The highest BCUT2D eigenvalue weighted by molar-refractivity contribution is 5.81. The highest BCUT2D eigenvalue weighted by atomic mass is 16.6. The summed E-state index contributed by atoms with van der Waals surface area (Å²) in [6, 6.07) is 8.75. The first-order chi connectivity index (χ1) is 10.9. The van der Waals surface area contributed by atoms with Gasteiger partial charge in [0.2, 0.25) is 0 Å². The van der Waals surface area contributed by atoms with Crippen molar-refractivity contribution < 1.29 is 19.1 Å². The van der Waals surface area contributed by atoms with Crippen LogP contribution in [0.3, 0.4) is 0 Å². The maximum atomic E-state index is 12.2. The first-order valence-electron chi connectivity index (χ1n) is 8.02. The second-order valence-electron chi connectivity index (χ2n) is 6.40. The van der Waals surface area contributed by atoms with Crippen LogP contribution in [0.25, 0.3) is 0 Å². The fourth-order valence-corrected chi connectivity index (χ4v) is 1.82. The molecule has 5 heteroatoms. The quantitative estimate of drug-likeness (QED) is 0.747. The van der Waals surface area contributed by atoms with Crippen LogP contribution in [-0.2, 0) is 20.7 Å². The Labute approximate surface area is 138 Å². The molecule has 0 saturated carbocycles. The third-order valence-corrected chi connectivity index (χ3v) is 2.97. The molecule has 23 heavy (non-hydrogen) atoms. The summed E-state index contributed by atoms with van der Waals surface area (Å²) < 4.78 is 10.3. The molecule has 0 spiro atoms. The molecule has 1 aromatic rings. The predicted molar refractivity (Wildman–Crippen MR) is 89.1 cm³/mol. The van der Waals surface area contributed by atoms with Crippen LogP contribution in [0.5, 0.6) is 0 Å². The molecular formula is C18H27NO4. The topological polar surface area (TPSA) is 64.6 Å². The summed E-state index contributed by atoms with van der Waals surface area (Å²) in [6.07, 6.45) is -0.227. The summed E-state index contributed by atoms with van der Waals surface area (Å²) in [4.78, 5) is 24.1. The molecule has 0 aromatic heterocycles. The van der Waals surface area contributed by atoms with E-state index in [0.717, 1.165) is 5.56 Å². The van der Waals surface area contributed by atoms with Gasteiger partial charge < -0.3 is 14.8 Å². The number of nitrogens with one attached hydrogen (secondary N) is 1. The molecule has 5 nitrogen and oxygen atoms in total. The maximum Gasteiger partial charge on any atom is 0.407 e. The fourth-order valence-electron chi connectivity index (χ4n) is 1.82. The minimum Gasteiger partial charge on any atom is -0.464 e. The zero-order valence-corrected chi connectivity index (χ0v) is 14.4. The molecule has 0 aliphatic rings. The molecule has 1 N–H and O–H groups in total. The Hall–Kier alpha value is -2.04. The summed E-state index contributed by atoms with van der Waals surface area (Å²) in [5.41, 5.74) is 0.947. The van der Waals surface area contributed by atoms with Crippen LogP contribution in [-0.4, -0.2) is 31.3 Å². The van der Waals surface area contributed by atoms with Crippen LogP contribution in [0.4, 0.5) is 4.79 Å². The average Bonchev–Trinajstić information content (AvgIpc) is 2.51. The van der Waals surface area contributed by atoms with Gasteiger partial charge in [-0.25, -0.2) is 9.59 Å². The molecule has 1 rings (SSSR count). The van der Waals surface area contributed by atoms with Gasteiger partial charge in [-0.2, -0.15) is 0 Å². The Balaban J connectivity index is 2.67. The molecule has 1 unspecified atom stereocenters. The lowest BCUT2D eigenvalue weighted by Crippen LogP contribution is -2.44. The minimum atomic E-state index is -0.754. The van der Waals surface area contributed by atoms with Crippen molar-refractivity contribution in [2.45, 2.75) is 40.2 Å². The zero-order valence-electron chi connectivity index (χ0n) is 14.4. The number of amides is 1. The van der Waals surface area contributed by atoms with Crippen molar-refractivity contribution in [2.75, 3.05) is 13.2 Å². The van der Waals surface area contributed by atoms with Crippen molar-refractivity contribution in [2.24, 2.45) is 11.8 Å². The van der Waals surface area contributed by atoms with E-state index in [2.05, 4.69) is 5.32 Å². The first kappa shape index (κ1) is 19.0. The number of rotatable bonds is 8. The molecule has 0 bridgehead atoms. The van der Waals surface area contributed by atoms with Gasteiger partial charge in [0.1, 0.15) is 6.04 Å². The molecule has 0 aliphatic heterocycles. The summed E-state index contributed by atoms with van der Waals surface area (Å²) >= 11 is 0. The number of carbonyl (C=O) groups excluding carboxylic acids is 2. The highest BCUT2D eigenvalue weighted by Gasteiger charge is 2.23. The predicted octanol–water partition coefficient (Wildman–Crippen LogP) is 3.18. The van der Waals surface area contributed by atoms with E-state index in [9.17, 15) is 9.59 Å². The van der Waals surface area contributed by atoms with Gasteiger partial charge in [0.25, 0.3) is 0 Å². The van der Waals surface area contributed by atoms with Gasteiger partial charge in [0.05, 0.1) is 13.2 Å². The standard InChI is InChI=1S/C18H27NO4/c1-13(2)11-22-17(20)16(10-15-8-6-5-7-9-15)19-18(21)23-12-14(3)4/h5-9,13-14,16H,10-12H2,1-4H3,(H,19,21). The third-order valence-electron chi connectivity index (χ3n) is 2.97. The van der Waals surface area contributed by atoms with E-state index in [-0.39, 0.29) is 11.8 Å². The molecule has 128 valence electrons. The number of carbonyl (C=O) groups is 2. The van der Waals surface area contributed by atoms with Gasteiger partial charge in [-0.15, -0.1) is 0 Å². The van der Waals surface area contributed by atoms with E-state index in [0.29, 0.717) is 19.6 Å². The summed E-state index contributed by atoms with van der Waals surface area (Å²) in [5, 5.41) is 2.61. The molecule has 0 saturated heterocycles. The van der Waals surface area contributed by atoms with Crippen LogP contribution >= 0.6 is 0 Å². The van der Waals surface area contributed by atoms with Crippen molar-refractivity contribution in [1.82, 2.24) is 5.32 Å². The summed E-state index contributed by atoms with van der Waals surface area (Å²) in [7, 11) is 0. The van der Waals surface area contributed by atoms with Crippen molar-refractivity contribution in [3.8, 4) is 0 Å². The SMILES string of the molecule is CC(C)COC(=O)NC(Cc1ccccc1)C(=O)OCC(C)C. The number of hydrogen-bond acceptors (Lipinski definition) is 4. The lowest BCUT2D eigenvalue weighted by atomic mass is 10.1. The highest BCUT2D eigenvalue weighted by Crippen LogP contribution is 2.06. The Morgan fingerprint density at radius 1 is 0.957 bits per heavy atom. The van der Waals surface area contributed by atoms with Gasteiger partial charge in [-0.1, -0.05) is 58.0 Å². The molecule has 1 atom stereocenters. The summed E-state index contributed by atoms with van der Waals surface area (Å²) in [5.74, 6) is 0.0366. The van der Waals surface area contributed by atoms with Gasteiger partial charge in [-0.3, -0.25) is 0 Å². The van der Waals surface area contributed by atoms with E-state index >= 15 is 0 Å². The van der Waals surface area contributed by atoms with Crippen molar-refractivity contribution in [1.29, 1.82) is 0 Å². The van der Waals surface area contributed by atoms with Gasteiger partial charge in [0, 0.05) is 6.42 Å². The van der Waals surface area contributed by atoms with Crippen LogP contribution in [0, 0.1) is 11.8 Å². The Bertz CT molecular complexity index is 485. The van der Waals surface area contributed by atoms with E-state index < -0.39 is 18.1 Å². The normalized spacial score (nSPS) is 12.1. The molecule has 1 aromatic carbocycles. The maximum absolute atomic E-state index is 12.2. The zero-order chi connectivity index (χ0) is 17.2. The largest absolute Gasteiger partial charge is 0.464 e. The van der Waals surface area contributed by atoms with E-state index in [1.807, 2.05) is 58.0 Å². The smallest absolute Gasteiger partial charge is 0.407 e. The fraction of sp³-hybridized carbons (Fsp3) is 0.556. The molecular weight excluding hydrogens is 294 g/mol. The number of ether oxygens (including phenoxy) is 2. The molecule has 0 heterocycles. The van der Waals surface area contributed by atoms with E-state index in [1.165, 1.54) is 0 Å². The lowest BCUT2D eigenvalue weighted by molar-refractivity contribution is -0.147. The number of alkyl carbamates (subject to hydrolysis) is 1. The molecule has 0 radical (unpaired) electrons. The van der Waals surface area contributed by atoms with Gasteiger partial charge in [-0.05, 0) is 17.4 Å².